The van der Waals surface area contributed by atoms with Gasteiger partial charge >= 0.3 is 0 Å². The number of hydrazone groups is 1. The minimum Gasteiger partial charge on any atom is -0.507 e. The van der Waals surface area contributed by atoms with E-state index < -0.39 is 0 Å². The smallest absolute Gasteiger partial charge is 0.277 e. The molecular formula is C20H18N2O3. The summed E-state index contributed by atoms with van der Waals surface area (Å²) in [6.45, 7) is 1.82. The first kappa shape index (κ1) is 16.5. The number of carbonyl (C=O) groups is 1. The third kappa shape index (κ3) is 4.14. The molecule has 0 saturated carbocycles. The maximum Gasteiger partial charge on any atom is 0.277 e. The van der Waals surface area contributed by atoms with E-state index in [2.05, 4.69) is 10.5 Å². The van der Waals surface area contributed by atoms with Crippen molar-refractivity contribution in [2.75, 3.05) is 6.61 Å². The van der Waals surface area contributed by atoms with Gasteiger partial charge in [0.2, 0.25) is 0 Å². The predicted octanol–water partition coefficient (Wildman–Crippen LogP) is 3.38. The Kier molecular flexibility index (Phi) is 4.95. The molecule has 0 radical (unpaired) electrons. The topological polar surface area (TPSA) is 70.9 Å². The molecule has 3 rings (SSSR count). The van der Waals surface area contributed by atoms with Crippen molar-refractivity contribution < 1.29 is 14.6 Å². The van der Waals surface area contributed by atoms with Crippen molar-refractivity contribution in [2.24, 2.45) is 5.10 Å². The number of phenolic OH excluding ortho intramolecular Hbond substituents is 1. The van der Waals surface area contributed by atoms with Crippen LogP contribution in [0.1, 0.15) is 11.1 Å². The number of carbonyl (C=O) groups excluding carboxylic acids is 1. The molecule has 3 aromatic carbocycles. The maximum atomic E-state index is 11.8. The predicted molar refractivity (Wildman–Crippen MR) is 98.0 cm³/mol. The molecule has 5 heteroatoms. The monoisotopic (exact) mass is 334 g/mol. The molecule has 0 aromatic heterocycles. The van der Waals surface area contributed by atoms with E-state index in [1.807, 2.05) is 55.5 Å². The quantitative estimate of drug-likeness (QED) is 0.555. The van der Waals surface area contributed by atoms with E-state index in [0.29, 0.717) is 11.3 Å². The van der Waals surface area contributed by atoms with Gasteiger partial charge in [-0.15, -0.1) is 0 Å². The standard InChI is InChI=1S/C20H18N2O3/c1-14-5-4-7-16(11-14)25-13-20(24)22-21-12-18-17-8-3-2-6-15(17)9-10-19(18)23/h2-12,23H,13H2,1H3,(H,22,24)/b21-12-. The van der Waals surface area contributed by atoms with Crippen molar-refractivity contribution in [3.8, 4) is 11.5 Å². The Bertz CT molecular complexity index is 935. The van der Waals surface area contributed by atoms with Crippen LogP contribution in [0.15, 0.2) is 65.8 Å². The molecule has 0 unspecified atom stereocenters. The van der Waals surface area contributed by atoms with Gasteiger partial charge in [0.1, 0.15) is 11.5 Å². The number of aryl methyl sites for hydroxylation is 1. The summed E-state index contributed by atoms with van der Waals surface area (Å²) in [5.41, 5.74) is 4.01. The van der Waals surface area contributed by atoms with Crippen LogP contribution in [0.2, 0.25) is 0 Å². The number of benzene rings is 3. The average Bonchev–Trinajstić information content (AvgIpc) is 2.62. The van der Waals surface area contributed by atoms with Gasteiger partial charge in [-0.2, -0.15) is 5.10 Å². The van der Waals surface area contributed by atoms with Crippen molar-refractivity contribution in [2.45, 2.75) is 6.92 Å². The van der Waals surface area contributed by atoms with Gasteiger partial charge in [-0.05, 0) is 41.5 Å². The summed E-state index contributed by atoms with van der Waals surface area (Å²) >= 11 is 0. The highest BCUT2D eigenvalue weighted by Crippen LogP contribution is 2.25. The number of amides is 1. The van der Waals surface area contributed by atoms with Crippen LogP contribution >= 0.6 is 0 Å². The maximum absolute atomic E-state index is 11.8. The molecule has 5 nitrogen and oxygen atoms in total. The minimum absolute atomic E-state index is 0.104. The van der Waals surface area contributed by atoms with Crippen LogP contribution in [0, 0.1) is 6.92 Å². The first-order valence-corrected chi connectivity index (χ1v) is 7.85. The molecule has 126 valence electrons. The zero-order valence-electron chi connectivity index (χ0n) is 13.8. The highest BCUT2D eigenvalue weighted by molar-refractivity contribution is 6.02. The van der Waals surface area contributed by atoms with Crippen molar-refractivity contribution in [1.82, 2.24) is 5.43 Å². The molecule has 3 aromatic rings. The summed E-state index contributed by atoms with van der Waals surface area (Å²) < 4.78 is 5.41. The molecule has 0 fully saturated rings. The molecular weight excluding hydrogens is 316 g/mol. The van der Waals surface area contributed by atoms with E-state index in [1.54, 1.807) is 12.1 Å². The summed E-state index contributed by atoms with van der Waals surface area (Å²) in [4.78, 5) is 11.8. The summed E-state index contributed by atoms with van der Waals surface area (Å²) in [7, 11) is 0. The van der Waals surface area contributed by atoms with Crippen LogP contribution in [0.25, 0.3) is 10.8 Å². The first-order chi connectivity index (χ1) is 12.1. The number of phenols is 1. The van der Waals surface area contributed by atoms with E-state index >= 15 is 0 Å². The fraction of sp³-hybridized carbons (Fsp3) is 0.100. The number of nitrogens with one attached hydrogen (secondary N) is 1. The van der Waals surface area contributed by atoms with Gasteiger partial charge in [0, 0.05) is 5.56 Å². The summed E-state index contributed by atoms with van der Waals surface area (Å²) in [6.07, 6.45) is 1.43. The second kappa shape index (κ2) is 7.49. The van der Waals surface area contributed by atoms with Crippen molar-refractivity contribution >= 4 is 22.9 Å². The molecule has 25 heavy (non-hydrogen) atoms. The number of fused-ring (bicyclic) bond motifs is 1. The second-order valence-electron chi connectivity index (χ2n) is 5.62. The second-order valence-corrected chi connectivity index (χ2v) is 5.62. The number of hydrogen-bond donors (Lipinski definition) is 2. The van der Waals surface area contributed by atoms with Gasteiger partial charge in [-0.3, -0.25) is 4.79 Å². The Labute approximate surface area is 145 Å². The van der Waals surface area contributed by atoms with E-state index in [4.69, 9.17) is 4.74 Å². The molecule has 2 N–H and O–H groups in total. The zero-order chi connectivity index (χ0) is 17.6. The lowest BCUT2D eigenvalue weighted by atomic mass is 10.0. The molecule has 1 amide bonds. The SMILES string of the molecule is Cc1cccc(OCC(=O)N/N=C\c2c(O)ccc3ccccc23)c1. The molecule has 0 aliphatic carbocycles. The van der Waals surface area contributed by atoms with Gasteiger partial charge < -0.3 is 9.84 Å². The summed E-state index contributed by atoms with van der Waals surface area (Å²) in [5, 5.41) is 15.8. The van der Waals surface area contributed by atoms with E-state index in [9.17, 15) is 9.90 Å². The van der Waals surface area contributed by atoms with Crippen LogP contribution < -0.4 is 10.2 Å². The van der Waals surface area contributed by atoms with Crippen LogP contribution in [-0.4, -0.2) is 23.8 Å². The zero-order valence-corrected chi connectivity index (χ0v) is 13.8. The Balaban J connectivity index is 1.63. The number of aromatic hydroxyl groups is 1. The van der Waals surface area contributed by atoms with Crippen LogP contribution in [0.5, 0.6) is 11.5 Å². The average molecular weight is 334 g/mol. The number of rotatable bonds is 5. The molecule has 0 bridgehead atoms. The van der Waals surface area contributed by atoms with Crippen LogP contribution in [0.3, 0.4) is 0 Å². The third-order valence-electron chi connectivity index (χ3n) is 3.69. The Morgan fingerprint density at radius 3 is 2.84 bits per heavy atom. The van der Waals surface area contributed by atoms with E-state index in [1.165, 1.54) is 6.21 Å². The lowest BCUT2D eigenvalue weighted by Crippen LogP contribution is -2.24. The Morgan fingerprint density at radius 2 is 2.00 bits per heavy atom. The molecule has 0 aliphatic rings. The third-order valence-corrected chi connectivity index (χ3v) is 3.69. The minimum atomic E-state index is -0.377. The number of ether oxygens (including phenoxy) is 1. The van der Waals surface area contributed by atoms with Crippen LogP contribution in [-0.2, 0) is 4.79 Å². The molecule has 0 heterocycles. The van der Waals surface area contributed by atoms with Gasteiger partial charge in [0.15, 0.2) is 6.61 Å². The van der Waals surface area contributed by atoms with Gasteiger partial charge in [-0.1, -0.05) is 42.5 Å². The normalized spacial score (nSPS) is 10.9. The Morgan fingerprint density at radius 1 is 1.16 bits per heavy atom. The largest absolute Gasteiger partial charge is 0.507 e. The van der Waals surface area contributed by atoms with Crippen molar-refractivity contribution in [1.29, 1.82) is 0 Å². The van der Waals surface area contributed by atoms with Gasteiger partial charge in [0.05, 0.1) is 6.21 Å². The lowest BCUT2D eigenvalue weighted by molar-refractivity contribution is -0.123. The first-order valence-electron chi connectivity index (χ1n) is 7.85. The van der Waals surface area contributed by atoms with E-state index in [-0.39, 0.29) is 18.3 Å². The van der Waals surface area contributed by atoms with E-state index in [0.717, 1.165) is 16.3 Å². The fourth-order valence-electron chi connectivity index (χ4n) is 2.47. The van der Waals surface area contributed by atoms with Gasteiger partial charge in [0.25, 0.3) is 5.91 Å². The summed E-state index contributed by atoms with van der Waals surface area (Å²) in [5.74, 6) is 0.357. The number of hydrogen-bond acceptors (Lipinski definition) is 4. The highest BCUT2D eigenvalue weighted by atomic mass is 16.5. The highest BCUT2D eigenvalue weighted by Gasteiger charge is 2.05. The molecule has 0 spiro atoms. The number of nitrogens with zero attached hydrogens (tertiary/aromatic N) is 1. The van der Waals surface area contributed by atoms with Crippen molar-refractivity contribution in [3.63, 3.8) is 0 Å². The molecule has 0 saturated heterocycles. The van der Waals surface area contributed by atoms with Gasteiger partial charge in [-0.25, -0.2) is 5.43 Å². The van der Waals surface area contributed by atoms with Crippen molar-refractivity contribution in [3.05, 3.63) is 71.8 Å². The lowest BCUT2D eigenvalue weighted by Gasteiger charge is -2.06. The van der Waals surface area contributed by atoms with Crippen LogP contribution in [0.4, 0.5) is 0 Å². The Hall–Kier alpha value is -3.34. The fourth-order valence-corrected chi connectivity index (χ4v) is 2.47. The molecule has 0 aliphatic heterocycles. The summed E-state index contributed by atoms with van der Waals surface area (Å²) in [6, 6.07) is 18.5. The molecule has 0 atom stereocenters.